The molecule has 1 saturated carbocycles. The van der Waals surface area contributed by atoms with E-state index in [0.29, 0.717) is 30.4 Å². The Kier molecular flexibility index (Phi) is 13.7. The molecule has 2 heterocycles. The zero-order valence-electron chi connectivity index (χ0n) is 25.8. The number of esters is 1. The number of rotatable bonds is 18. The van der Waals surface area contributed by atoms with Gasteiger partial charge in [-0.1, -0.05) is 46.0 Å². The lowest BCUT2D eigenvalue weighted by Crippen LogP contribution is -2.53. The number of anilines is 1. The molecule has 0 radical (unpaired) electrons. The van der Waals surface area contributed by atoms with Gasteiger partial charge in [0.25, 0.3) is 0 Å². The summed E-state index contributed by atoms with van der Waals surface area (Å²) in [6.07, 6.45) is 5.61. The largest absolute Gasteiger partial charge is 0.464 e. The fourth-order valence-electron chi connectivity index (χ4n) is 5.34. The number of hydrogen-bond acceptors (Lipinski definition) is 10. The number of methoxy groups -OCH3 is 1. The normalized spacial score (nSPS) is 17.9. The van der Waals surface area contributed by atoms with Crippen LogP contribution >= 0.6 is 0 Å². The number of halogens is 1. The summed E-state index contributed by atoms with van der Waals surface area (Å²) in [5.41, 5.74) is -1.36. The molecule has 13 heteroatoms. The van der Waals surface area contributed by atoms with E-state index >= 15 is 0 Å². The molecule has 0 spiro atoms. The zero-order valence-corrected chi connectivity index (χ0v) is 25.8. The Morgan fingerprint density at radius 3 is 2.56 bits per heavy atom. The first-order valence-electron chi connectivity index (χ1n) is 15.3. The highest BCUT2D eigenvalue weighted by Crippen LogP contribution is 2.31. The van der Waals surface area contributed by atoms with E-state index in [0.717, 1.165) is 38.5 Å². The number of nitrogens with zero attached hydrogens (tertiary/aromatic N) is 3. The third-order valence-electron chi connectivity index (χ3n) is 8.52. The highest BCUT2D eigenvalue weighted by Gasteiger charge is 2.44. The summed E-state index contributed by atoms with van der Waals surface area (Å²) in [4.78, 5) is 29.1. The van der Waals surface area contributed by atoms with Crippen molar-refractivity contribution in [3.05, 3.63) is 24.2 Å². The smallest absolute Gasteiger partial charge is 0.322 e. The van der Waals surface area contributed by atoms with E-state index in [1.807, 2.05) is 13.8 Å². The van der Waals surface area contributed by atoms with E-state index in [1.165, 1.54) is 30.4 Å². The number of amides is 1. The number of aliphatic hydroxyl groups excluding tert-OH is 2. The molecule has 2 aromatic heterocycles. The maximum Gasteiger partial charge on any atom is 0.322 e. The zero-order chi connectivity index (χ0) is 31.4. The fraction of sp³-hybridized carbons (Fsp3) is 0.733. The van der Waals surface area contributed by atoms with E-state index in [4.69, 9.17) is 14.2 Å². The maximum absolute atomic E-state index is 14.4. The summed E-state index contributed by atoms with van der Waals surface area (Å²) in [6.45, 7) is 4.29. The number of nitrogens with one attached hydrogen (secondary N) is 2. The number of aliphatic hydroxyl groups is 2. The highest BCUT2D eigenvalue weighted by atomic mass is 19.1. The molecule has 0 unspecified atom stereocenters. The first-order chi connectivity index (χ1) is 20.7. The van der Waals surface area contributed by atoms with Crippen molar-refractivity contribution < 1.29 is 38.4 Å². The Labute approximate surface area is 252 Å². The maximum atomic E-state index is 14.4. The molecule has 242 valence electrons. The average molecular weight is 610 g/mol. The molecule has 0 aromatic carbocycles. The van der Waals surface area contributed by atoms with Crippen molar-refractivity contribution in [1.82, 2.24) is 19.9 Å². The quantitative estimate of drug-likeness (QED) is 0.112. The Morgan fingerprint density at radius 2 is 1.91 bits per heavy atom. The van der Waals surface area contributed by atoms with Gasteiger partial charge in [-0.15, -0.1) is 0 Å². The Morgan fingerprint density at radius 1 is 1.19 bits per heavy atom. The van der Waals surface area contributed by atoms with Crippen molar-refractivity contribution in [3.8, 4) is 0 Å². The van der Waals surface area contributed by atoms with Crippen LogP contribution in [0.15, 0.2) is 18.5 Å². The molecule has 0 bridgehead atoms. The molecule has 12 nitrogen and oxygen atoms in total. The lowest BCUT2D eigenvalue weighted by atomic mass is 9.87. The monoisotopic (exact) mass is 609 g/mol. The molecule has 1 aliphatic rings. The minimum atomic E-state index is -1.92. The third-order valence-corrected chi connectivity index (χ3v) is 8.52. The first-order valence-corrected chi connectivity index (χ1v) is 15.3. The van der Waals surface area contributed by atoms with Crippen LogP contribution < -0.4 is 10.6 Å². The Balaban J connectivity index is 1.61. The van der Waals surface area contributed by atoms with Crippen LogP contribution in [0.1, 0.15) is 83.9 Å². The van der Waals surface area contributed by atoms with Gasteiger partial charge in [-0.25, -0.2) is 13.9 Å². The molecule has 4 atom stereocenters. The summed E-state index contributed by atoms with van der Waals surface area (Å²) in [7, 11) is 1.21. The van der Waals surface area contributed by atoms with Gasteiger partial charge in [-0.05, 0) is 43.7 Å². The van der Waals surface area contributed by atoms with Gasteiger partial charge in [-0.2, -0.15) is 5.10 Å². The van der Waals surface area contributed by atoms with Crippen molar-refractivity contribution in [1.29, 1.82) is 0 Å². The van der Waals surface area contributed by atoms with Crippen molar-refractivity contribution >= 4 is 23.2 Å². The number of aromatic nitrogens is 3. The molecule has 3 rings (SSSR count). The van der Waals surface area contributed by atoms with E-state index < -0.39 is 43.1 Å². The van der Waals surface area contributed by atoms with Crippen LogP contribution in [0.5, 0.6) is 0 Å². The minimum absolute atomic E-state index is 0.147. The van der Waals surface area contributed by atoms with Crippen molar-refractivity contribution in [3.63, 3.8) is 0 Å². The molecular formula is C30H48FN5O7. The summed E-state index contributed by atoms with van der Waals surface area (Å²) in [5, 5.41) is 32.1. The van der Waals surface area contributed by atoms with Gasteiger partial charge in [0.05, 0.1) is 25.6 Å². The number of fused-ring (bicyclic) bond motifs is 1. The summed E-state index contributed by atoms with van der Waals surface area (Å²) in [5.74, 6) is 0.344. The fourth-order valence-corrected chi connectivity index (χ4v) is 5.34. The molecule has 43 heavy (non-hydrogen) atoms. The SMILES string of the molecule is CCC(CC)COC(=O)[C@H](C)NCOC[C@@](CF)(OC)[C@@H](O)[C@@H](O)c1ccc2c(NC(=O)CC3CCCCC3)ncnn12. The van der Waals surface area contributed by atoms with Gasteiger partial charge >= 0.3 is 5.97 Å². The van der Waals surface area contributed by atoms with Crippen molar-refractivity contribution in [2.75, 3.05) is 39.0 Å². The van der Waals surface area contributed by atoms with Crippen molar-refractivity contribution in [2.24, 2.45) is 11.8 Å². The number of carbonyl (C=O) groups excluding carboxylic acids is 2. The van der Waals surface area contributed by atoms with Gasteiger partial charge in [0.2, 0.25) is 5.91 Å². The first kappa shape index (κ1) is 34.8. The number of ether oxygens (including phenoxy) is 3. The highest BCUT2D eigenvalue weighted by molar-refractivity contribution is 5.93. The summed E-state index contributed by atoms with van der Waals surface area (Å²) < 4.78 is 32.0. The Hall–Kier alpha value is -2.71. The van der Waals surface area contributed by atoms with Gasteiger partial charge in [-0.3, -0.25) is 14.9 Å². The Bertz CT molecular complexity index is 1150. The molecule has 4 N–H and O–H groups in total. The van der Waals surface area contributed by atoms with Crippen LogP contribution in [0, 0.1) is 11.8 Å². The van der Waals surface area contributed by atoms with E-state index in [-0.39, 0.29) is 24.1 Å². The predicted molar refractivity (Wildman–Crippen MR) is 158 cm³/mol. The molecule has 2 aromatic rings. The second kappa shape index (κ2) is 17.0. The standard InChI is InChI=1S/C30H48FN5O7/c1-5-21(6-2)15-43-29(40)20(3)33-19-42-17-30(16-31,41-4)27(39)26(38)23-12-13-24-28(32-18-34-36(23)24)35-25(37)14-22-10-8-7-9-11-22/h12-13,18,20-22,26-27,33,38-39H,5-11,14-17,19H2,1-4H3,(H,32,34,35,37)/t20-,26-,27-,30+/m0/s1. The summed E-state index contributed by atoms with van der Waals surface area (Å²) in [6, 6.07) is 2.46. The lowest BCUT2D eigenvalue weighted by molar-refractivity contribution is -0.183. The summed E-state index contributed by atoms with van der Waals surface area (Å²) >= 11 is 0. The van der Waals surface area contributed by atoms with E-state index in [9.17, 15) is 24.2 Å². The predicted octanol–water partition coefficient (Wildman–Crippen LogP) is 3.32. The average Bonchev–Trinajstić information content (AvgIpc) is 3.46. The van der Waals surface area contributed by atoms with Crippen LogP contribution in [0.2, 0.25) is 0 Å². The van der Waals surface area contributed by atoms with Crippen LogP contribution in [0.3, 0.4) is 0 Å². The van der Waals surface area contributed by atoms with Gasteiger partial charge in [0.1, 0.15) is 42.4 Å². The van der Waals surface area contributed by atoms with Crippen LogP contribution in [0.25, 0.3) is 5.52 Å². The molecule has 1 amide bonds. The second-order valence-corrected chi connectivity index (χ2v) is 11.4. The molecule has 0 aliphatic heterocycles. The molecular weight excluding hydrogens is 561 g/mol. The third kappa shape index (κ3) is 9.15. The van der Waals surface area contributed by atoms with E-state index in [2.05, 4.69) is 20.7 Å². The molecule has 0 saturated heterocycles. The van der Waals surface area contributed by atoms with Gasteiger partial charge in [0, 0.05) is 13.5 Å². The number of carbonyl (C=O) groups is 2. The minimum Gasteiger partial charge on any atom is -0.464 e. The van der Waals surface area contributed by atoms with Gasteiger partial charge in [0.15, 0.2) is 5.82 Å². The van der Waals surface area contributed by atoms with E-state index in [1.54, 1.807) is 13.0 Å². The molecule has 1 fully saturated rings. The topological polar surface area (TPSA) is 157 Å². The lowest BCUT2D eigenvalue weighted by Gasteiger charge is -2.36. The number of alkyl halides is 1. The molecule has 1 aliphatic carbocycles. The van der Waals surface area contributed by atoms with Crippen LogP contribution in [0.4, 0.5) is 10.2 Å². The van der Waals surface area contributed by atoms with Crippen LogP contribution in [-0.4, -0.2) is 88.2 Å². The van der Waals surface area contributed by atoms with Gasteiger partial charge < -0.3 is 29.7 Å². The van der Waals surface area contributed by atoms with Crippen LogP contribution in [-0.2, 0) is 23.8 Å². The second-order valence-electron chi connectivity index (χ2n) is 11.4. The van der Waals surface area contributed by atoms with Crippen molar-refractivity contribution in [2.45, 2.75) is 96.0 Å². The number of hydrogen-bond donors (Lipinski definition) is 4.